The highest BCUT2D eigenvalue weighted by Crippen LogP contribution is 2.21. The lowest BCUT2D eigenvalue weighted by atomic mass is 9.99. The smallest absolute Gasteiger partial charge is 0.306 e. The average Bonchev–Trinajstić information content (AvgIpc) is 2.84. The molecule has 0 amide bonds. The zero-order chi connectivity index (χ0) is 15.6. The van der Waals surface area contributed by atoms with Crippen LogP contribution in [0.3, 0.4) is 0 Å². The van der Waals surface area contributed by atoms with Gasteiger partial charge in [-0.2, -0.15) is 17.0 Å². The van der Waals surface area contributed by atoms with Gasteiger partial charge in [0.05, 0.1) is 12.5 Å². The van der Waals surface area contributed by atoms with E-state index in [1.807, 2.05) is 0 Å². The van der Waals surface area contributed by atoms with Gasteiger partial charge < -0.3 is 9.67 Å². The first-order valence-corrected chi connectivity index (χ1v) is 8.12. The van der Waals surface area contributed by atoms with Crippen LogP contribution in [0, 0.1) is 5.92 Å². The Balaban J connectivity index is 2.01. The molecule has 1 N–H and O–H groups in total. The van der Waals surface area contributed by atoms with E-state index in [4.69, 9.17) is 5.11 Å². The van der Waals surface area contributed by atoms with Gasteiger partial charge in [0.2, 0.25) is 0 Å². The van der Waals surface area contributed by atoms with Gasteiger partial charge in [0.15, 0.2) is 0 Å². The summed E-state index contributed by atoms with van der Waals surface area (Å²) in [4.78, 5) is 15.0. The van der Waals surface area contributed by atoms with Gasteiger partial charge in [0, 0.05) is 39.6 Å². The van der Waals surface area contributed by atoms with E-state index in [0.717, 1.165) is 0 Å². The van der Waals surface area contributed by atoms with Gasteiger partial charge in [-0.05, 0) is 12.8 Å². The van der Waals surface area contributed by atoms with Crippen LogP contribution in [0.2, 0.25) is 0 Å². The maximum Gasteiger partial charge on any atom is 0.306 e. The standard InChI is InChI=1S/C12H20N4O4S/c1-14-8-5-13-11(14)9-15(2)21(19,20)16-6-3-10(4-7-16)12(17)18/h5,8,10H,3-4,6-7,9H2,1-2H3,(H,17,18). The lowest BCUT2D eigenvalue weighted by Gasteiger charge is -2.32. The van der Waals surface area contributed by atoms with Crippen LogP contribution in [0.25, 0.3) is 0 Å². The molecule has 1 aliphatic rings. The summed E-state index contributed by atoms with van der Waals surface area (Å²) in [6.45, 7) is 0.666. The number of aromatic nitrogens is 2. The molecule has 1 aromatic rings. The van der Waals surface area contributed by atoms with E-state index in [1.54, 1.807) is 24.0 Å². The summed E-state index contributed by atoms with van der Waals surface area (Å²) < 4.78 is 29.3. The highest BCUT2D eigenvalue weighted by Gasteiger charge is 2.33. The summed E-state index contributed by atoms with van der Waals surface area (Å²) in [6.07, 6.45) is 4.08. The van der Waals surface area contributed by atoms with Crippen molar-refractivity contribution < 1.29 is 18.3 Å². The maximum absolute atomic E-state index is 12.5. The number of hydrogen-bond acceptors (Lipinski definition) is 4. The van der Waals surface area contributed by atoms with Crippen molar-refractivity contribution in [2.75, 3.05) is 20.1 Å². The molecule has 1 fully saturated rings. The van der Waals surface area contributed by atoms with Crippen LogP contribution in [-0.2, 0) is 28.6 Å². The summed E-state index contributed by atoms with van der Waals surface area (Å²) >= 11 is 0. The van der Waals surface area contributed by atoms with Gasteiger partial charge in [-0.25, -0.2) is 4.98 Å². The van der Waals surface area contributed by atoms with E-state index >= 15 is 0 Å². The predicted molar refractivity (Wildman–Crippen MR) is 75.5 cm³/mol. The molecule has 1 aromatic heterocycles. The van der Waals surface area contributed by atoms with E-state index in [0.29, 0.717) is 18.7 Å². The Kier molecular flexibility index (Phi) is 4.64. The molecular weight excluding hydrogens is 296 g/mol. The van der Waals surface area contributed by atoms with Crippen molar-refractivity contribution in [2.24, 2.45) is 13.0 Å². The van der Waals surface area contributed by atoms with E-state index in [2.05, 4.69) is 4.98 Å². The third kappa shape index (κ3) is 3.42. The summed E-state index contributed by atoms with van der Waals surface area (Å²) in [6, 6.07) is 0. The Morgan fingerprint density at radius 1 is 1.48 bits per heavy atom. The lowest BCUT2D eigenvalue weighted by Crippen LogP contribution is -2.46. The number of imidazole rings is 1. The number of carboxylic acid groups (broad SMARTS) is 1. The summed E-state index contributed by atoms with van der Waals surface area (Å²) in [7, 11) is -0.270. The van der Waals surface area contributed by atoms with Gasteiger partial charge in [-0.3, -0.25) is 4.79 Å². The second kappa shape index (κ2) is 6.12. The molecule has 8 nitrogen and oxygen atoms in total. The minimum absolute atomic E-state index is 0.185. The molecule has 1 saturated heterocycles. The van der Waals surface area contributed by atoms with Gasteiger partial charge in [-0.15, -0.1) is 0 Å². The molecule has 2 rings (SSSR count). The minimum Gasteiger partial charge on any atom is -0.481 e. The van der Waals surface area contributed by atoms with Gasteiger partial charge >= 0.3 is 5.97 Å². The largest absolute Gasteiger partial charge is 0.481 e. The van der Waals surface area contributed by atoms with Crippen molar-refractivity contribution in [1.29, 1.82) is 0 Å². The van der Waals surface area contributed by atoms with Crippen molar-refractivity contribution >= 4 is 16.2 Å². The molecule has 0 aliphatic carbocycles. The maximum atomic E-state index is 12.5. The topological polar surface area (TPSA) is 95.7 Å². The van der Waals surface area contributed by atoms with Crippen LogP contribution in [-0.4, -0.2) is 57.8 Å². The van der Waals surface area contributed by atoms with Crippen molar-refractivity contribution in [1.82, 2.24) is 18.2 Å². The van der Waals surface area contributed by atoms with Crippen LogP contribution in [0.15, 0.2) is 12.4 Å². The molecule has 0 radical (unpaired) electrons. The molecule has 21 heavy (non-hydrogen) atoms. The Bertz CT molecular complexity index is 605. The molecule has 0 bridgehead atoms. The van der Waals surface area contributed by atoms with Crippen molar-refractivity contribution in [3.63, 3.8) is 0 Å². The van der Waals surface area contributed by atoms with Gasteiger partial charge in [-0.1, -0.05) is 0 Å². The van der Waals surface area contributed by atoms with E-state index in [9.17, 15) is 13.2 Å². The van der Waals surface area contributed by atoms with E-state index in [1.165, 1.54) is 15.7 Å². The first-order chi connectivity index (χ1) is 9.82. The fraction of sp³-hybridized carbons (Fsp3) is 0.667. The number of rotatable bonds is 5. The second-order valence-corrected chi connectivity index (χ2v) is 7.27. The highest BCUT2D eigenvalue weighted by molar-refractivity contribution is 7.86. The Morgan fingerprint density at radius 2 is 2.10 bits per heavy atom. The average molecular weight is 316 g/mol. The van der Waals surface area contributed by atoms with Crippen LogP contribution < -0.4 is 0 Å². The lowest BCUT2D eigenvalue weighted by molar-refractivity contribution is -0.142. The van der Waals surface area contributed by atoms with Crippen LogP contribution in [0.1, 0.15) is 18.7 Å². The van der Waals surface area contributed by atoms with Crippen LogP contribution in [0.4, 0.5) is 0 Å². The zero-order valence-corrected chi connectivity index (χ0v) is 13.0. The third-order valence-electron chi connectivity index (χ3n) is 3.81. The van der Waals surface area contributed by atoms with Crippen molar-refractivity contribution in [2.45, 2.75) is 19.4 Å². The summed E-state index contributed by atoms with van der Waals surface area (Å²) in [5, 5.41) is 8.95. The Labute approximate surface area is 124 Å². The van der Waals surface area contributed by atoms with E-state index in [-0.39, 0.29) is 19.6 Å². The molecule has 0 unspecified atom stereocenters. The summed E-state index contributed by atoms with van der Waals surface area (Å²) in [5.74, 6) is -0.647. The fourth-order valence-corrected chi connectivity index (χ4v) is 3.71. The zero-order valence-electron chi connectivity index (χ0n) is 12.1. The molecule has 0 saturated carbocycles. The molecule has 0 aromatic carbocycles. The minimum atomic E-state index is -3.58. The van der Waals surface area contributed by atoms with Crippen LogP contribution in [0.5, 0.6) is 0 Å². The quantitative estimate of drug-likeness (QED) is 0.818. The number of nitrogens with zero attached hydrogens (tertiary/aromatic N) is 4. The highest BCUT2D eigenvalue weighted by atomic mass is 32.2. The molecular formula is C12H20N4O4S. The number of aryl methyl sites for hydroxylation is 1. The number of aliphatic carboxylic acids is 1. The molecule has 1 aliphatic heterocycles. The second-order valence-electron chi connectivity index (χ2n) is 5.23. The first kappa shape index (κ1) is 15.9. The Hall–Kier alpha value is -1.45. The third-order valence-corrected chi connectivity index (χ3v) is 5.74. The normalized spacial score (nSPS) is 18.2. The van der Waals surface area contributed by atoms with Crippen molar-refractivity contribution in [3.05, 3.63) is 18.2 Å². The number of hydrogen-bond donors (Lipinski definition) is 1. The molecule has 0 atom stereocenters. The molecule has 0 spiro atoms. The fourth-order valence-electron chi connectivity index (χ4n) is 2.36. The predicted octanol–water partition coefficient (Wildman–Crippen LogP) is -0.107. The van der Waals surface area contributed by atoms with Crippen molar-refractivity contribution in [3.8, 4) is 0 Å². The Morgan fingerprint density at radius 3 is 2.57 bits per heavy atom. The summed E-state index contributed by atoms with van der Waals surface area (Å²) in [5.41, 5.74) is 0. The van der Waals surface area contributed by atoms with Crippen LogP contribution >= 0.6 is 0 Å². The molecule has 118 valence electrons. The van der Waals surface area contributed by atoms with E-state index < -0.39 is 22.1 Å². The number of piperidine rings is 1. The molecule has 2 heterocycles. The van der Waals surface area contributed by atoms with Gasteiger partial charge in [0.25, 0.3) is 10.2 Å². The molecule has 9 heteroatoms. The SMILES string of the molecule is CN(Cc1nccn1C)S(=O)(=O)N1CCC(C(=O)O)CC1. The monoisotopic (exact) mass is 316 g/mol. The van der Waals surface area contributed by atoms with Gasteiger partial charge in [0.1, 0.15) is 5.82 Å². The first-order valence-electron chi connectivity index (χ1n) is 6.72. The number of carboxylic acids is 1. The number of carbonyl (C=O) groups is 1.